The number of hydrogen-bond donors (Lipinski definition) is 2. The second kappa shape index (κ2) is 4.04. The Bertz CT molecular complexity index is 714. The number of benzene rings is 2. The average Bonchev–Trinajstić information content (AvgIpc) is 2.78. The first kappa shape index (κ1) is 10.6. The van der Waals surface area contributed by atoms with Crippen molar-refractivity contribution >= 4 is 22.5 Å². The van der Waals surface area contributed by atoms with Crippen molar-refractivity contribution in [2.24, 2.45) is 0 Å². The number of ketones is 1. The Morgan fingerprint density at radius 2 is 1.72 bits per heavy atom. The zero-order valence-electron chi connectivity index (χ0n) is 9.68. The largest absolute Gasteiger partial charge is 0.385 e. The van der Waals surface area contributed by atoms with E-state index in [0.29, 0.717) is 16.9 Å². The average molecular weight is 236 g/mol. The summed E-state index contributed by atoms with van der Waals surface area (Å²) in [5.74, 6) is 0.625. The maximum atomic E-state index is 12.3. The lowest BCUT2D eigenvalue weighted by molar-refractivity contribution is 0.103. The van der Waals surface area contributed by atoms with Gasteiger partial charge >= 0.3 is 0 Å². The molecule has 0 spiro atoms. The number of anilines is 1. The van der Waals surface area contributed by atoms with E-state index in [0.717, 1.165) is 10.9 Å². The first-order chi connectivity index (χ1) is 8.74. The smallest absolute Gasteiger partial charge is 0.193 e. The van der Waals surface area contributed by atoms with Gasteiger partial charge in [-0.2, -0.15) is 0 Å². The Kier molecular flexibility index (Phi) is 2.38. The highest BCUT2D eigenvalue weighted by molar-refractivity contribution is 6.10. The van der Waals surface area contributed by atoms with Gasteiger partial charge in [0.2, 0.25) is 0 Å². The van der Waals surface area contributed by atoms with E-state index < -0.39 is 0 Å². The van der Waals surface area contributed by atoms with Gasteiger partial charge in [0.15, 0.2) is 5.78 Å². The topological polar surface area (TPSA) is 58.9 Å². The second-order valence-corrected chi connectivity index (χ2v) is 4.22. The Labute approximate surface area is 104 Å². The number of H-pyrrole nitrogens is 1. The van der Waals surface area contributed by atoms with Crippen molar-refractivity contribution in [1.29, 1.82) is 0 Å². The molecule has 0 amide bonds. The molecule has 0 aliphatic heterocycles. The number of nitrogens with two attached hydrogens (primary N) is 1. The van der Waals surface area contributed by atoms with Crippen LogP contribution in [-0.2, 0) is 0 Å². The van der Waals surface area contributed by atoms with E-state index in [1.165, 1.54) is 0 Å². The maximum absolute atomic E-state index is 12.3. The number of fused-ring (bicyclic) bond motifs is 1. The molecule has 0 fully saturated rings. The molecule has 3 aromatic rings. The van der Waals surface area contributed by atoms with E-state index in [1.807, 2.05) is 54.6 Å². The van der Waals surface area contributed by atoms with Gasteiger partial charge in [-0.15, -0.1) is 0 Å². The molecular formula is C15H12N2O. The van der Waals surface area contributed by atoms with Crippen molar-refractivity contribution in [1.82, 2.24) is 4.98 Å². The fourth-order valence-corrected chi connectivity index (χ4v) is 2.05. The summed E-state index contributed by atoms with van der Waals surface area (Å²) in [6.45, 7) is 0. The summed E-state index contributed by atoms with van der Waals surface area (Å²) in [7, 11) is 0. The predicted octanol–water partition coefficient (Wildman–Crippen LogP) is 2.98. The molecule has 3 rings (SSSR count). The van der Waals surface area contributed by atoms with Crippen molar-refractivity contribution in [3.63, 3.8) is 0 Å². The van der Waals surface area contributed by atoms with Crippen LogP contribution in [0.5, 0.6) is 0 Å². The maximum Gasteiger partial charge on any atom is 0.193 e. The molecule has 0 bridgehead atoms. The Morgan fingerprint density at radius 3 is 2.50 bits per heavy atom. The molecule has 3 nitrogen and oxygen atoms in total. The zero-order valence-corrected chi connectivity index (χ0v) is 9.68. The van der Waals surface area contributed by atoms with E-state index in [9.17, 15) is 4.79 Å². The van der Waals surface area contributed by atoms with E-state index in [1.54, 1.807) is 0 Å². The first-order valence-electron chi connectivity index (χ1n) is 5.72. The summed E-state index contributed by atoms with van der Waals surface area (Å²) in [5, 5.41) is 1.01. The minimum absolute atomic E-state index is 0.0191. The summed E-state index contributed by atoms with van der Waals surface area (Å²) < 4.78 is 0. The van der Waals surface area contributed by atoms with Gasteiger partial charge < -0.3 is 10.7 Å². The van der Waals surface area contributed by atoms with Gasteiger partial charge in [-0.3, -0.25) is 4.79 Å². The third-order valence-electron chi connectivity index (χ3n) is 2.94. The SMILES string of the molecule is Nc1cc2ccc(C(=O)c3ccccc3)cc2[nH]1. The highest BCUT2D eigenvalue weighted by atomic mass is 16.1. The molecular weight excluding hydrogens is 224 g/mol. The minimum Gasteiger partial charge on any atom is -0.385 e. The molecule has 3 N–H and O–H groups in total. The molecule has 0 unspecified atom stereocenters. The lowest BCUT2D eigenvalue weighted by atomic mass is 10.0. The third-order valence-corrected chi connectivity index (χ3v) is 2.94. The number of nitrogens with one attached hydrogen (secondary N) is 1. The standard InChI is InChI=1S/C15H12N2O/c16-14-9-11-6-7-12(8-13(11)17-14)15(18)10-4-2-1-3-5-10/h1-9,17H,16H2. The van der Waals surface area contributed by atoms with Crippen LogP contribution in [0.15, 0.2) is 54.6 Å². The van der Waals surface area contributed by atoms with Crippen molar-refractivity contribution in [3.8, 4) is 0 Å². The van der Waals surface area contributed by atoms with Crippen LogP contribution >= 0.6 is 0 Å². The summed E-state index contributed by atoms with van der Waals surface area (Å²) in [6.07, 6.45) is 0. The molecule has 0 aliphatic carbocycles. The summed E-state index contributed by atoms with van der Waals surface area (Å²) in [5.41, 5.74) is 7.92. The van der Waals surface area contributed by atoms with Crippen molar-refractivity contribution < 1.29 is 4.79 Å². The van der Waals surface area contributed by atoms with Gasteiger partial charge in [-0.1, -0.05) is 42.5 Å². The molecule has 0 radical (unpaired) electrons. The molecule has 88 valence electrons. The second-order valence-electron chi connectivity index (χ2n) is 4.22. The van der Waals surface area contributed by atoms with Crippen molar-refractivity contribution in [2.45, 2.75) is 0 Å². The molecule has 0 saturated carbocycles. The van der Waals surface area contributed by atoms with Gasteiger partial charge in [0.05, 0.1) is 0 Å². The van der Waals surface area contributed by atoms with Crippen LogP contribution in [0.1, 0.15) is 15.9 Å². The lowest BCUT2D eigenvalue weighted by Crippen LogP contribution is -2.00. The fraction of sp³-hybridized carbons (Fsp3) is 0. The van der Waals surface area contributed by atoms with Crippen LogP contribution in [0.3, 0.4) is 0 Å². The highest BCUT2D eigenvalue weighted by Gasteiger charge is 2.09. The molecule has 0 aliphatic rings. The first-order valence-corrected chi connectivity index (χ1v) is 5.72. The van der Waals surface area contributed by atoms with Gasteiger partial charge in [-0.25, -0.2) is 0 Å². The fourth-order valence-electron chi connectivity index (χ4n) is 2.05. The normalized spacial score (nSPS) is 10.7. The quantitative estimate of drug-likeness (QED) is 0.672. The summed E-state index contributed by atoms with van der Waals surface area (Å²) in [6, 6.07) is 16.7. The van der Waals surface area contributed by atoms with Crippen molar-refractivity contribution in [3.05, 3.63) is 65.7 Å². The third kappa shape index (κ3) is 1.76. The van der Waals surface area contributed by atoms with Crippen molar-refractivity contribution in [2.75, 3.05) is 5.73 Å². The van der Waals surface area contributed by atoms with Crippen LogP contribution in [0.2, 0.25) is 0 Å². The van der Waals surface area contributed by atoms with Gasteiger partial charge in [0, 0.05) is 22.0 Å². The molecule has 1 aromatic heterocycles. The van der Waals surface area contributed by atoms with Crippen LogP contribution in [0.4, 0.5) is 5.82 Å². The number of aromatic nitrogens is 1. The Morgan fingerprint density at radius 1 is 0.944 bits per heavy atom. The molecule has 2 aromatic carbocycles. The van der Waals surface area contributed by atoms with Gasteiger partial charge in [-0.05, 0) is 12.1 Å². The van der Waals surface area contributed by atoms with E-state index in [4.69, 9.17) is 5.73 Å². The minimum atomic E-state index is 0.0191. The summed E-state index contributed by atoms with van der Waals surface area (Å²) in [4.78, 5) is 15.3. The monoisotopic (exact) mass is 236 g/mol. The van der Waals surface area contributed by atoms with Crippen LogP contribution in [0, 0.1) is 0 Å². The number of aromatic amines is 1. The number of carbonyl (C=O) groups excluding carboxylic acids is 1. The van der Waals surface area contributed by atoms with Gasteiger partial charge in [0.25, 0.3) is 0 Å². The molecule has 0 saturated heterocycles. The predicted molar refractivity (Wildman–Crippen MR) is 72.6 cm³/mol. The lowest BCUT2D eigenvalue weighted by Gasteiger charge is -2.01. The van der Waals surface area contributed by atoms with Crippen LogP contribution in [0.25, 0.3) is 10.9 Å². The van der Waals surface area contributed by atoms with Crippen LogP contribution < -0.4 is 5.73 Å². The van der Waals surface area contributed by atoms with E-state index >= 15 is 0 Å². The van der Waals surface area contributed by atoms with E-state index in [2.05, 4.69) is 4.98 Å². The van der Waals surface area contributed by atoms with Crippen LogP contribution in [-0.4, -0.2) is 10.8 Å². The number of hydrogen-bond acceptors (Lipinski definition) is 2. The molecule has 3 heteroatoms. The Hall–Kier alpha value is -2.55. The molecule has 1 heterocycles. The van der Waals surface area contributed by atoms with Gasteiger partial charge in [0.1, 0.15) is 5.82 Å². The number of rotatable bonds is 2. The highest BCUT2D eigenvalue weighted by Crippen LogP contribution is 2.20. The summed E-state index contributed by atoms with van der Waals surface area (Å²) >= 11 is 0. The number of carbonyl (C=O) groups is 1. The Balaban J connectivity index is 2.06. The number of nitrogen functional groups attached to an aromatic ring is 1. The zero-order chi connectivity index (χ0) is 12.5. The molecule has 18 heavy (non-hydrogen) atoms. The molecule has 0 atom stereocenters. The van der Waals surface area contributed by atoms with E-state index in [-0.39, 0.29) is 5.78 Å².